The van der Waals surface area contributed by atoms with Crippen molar-refractivity contribution in [3.8, 4) is 0 Å². The van der Waals surface area contributed by atoms with Gasteiger partial charge in [0.15, 0.2) is 0 Å². The van der Waals surface area contributed by atoms with Crippen molar-refractivity contribution < 1.29 is 26.8 Å². The highest BCUT2D eigenvalue weighted by Gasteiger charge is 2.27. The van der Waals surface area contributed by atoms with E-state index in [9.17, 15) is 8.42 Å². The molecular weight excluding hydrogens is 392 g/mol. The molecule has 1 aromatic rings. The molecule has 6 nitrogen and oxygen atoms in total. The third-order valence-corrected chi connectivity index (χ3v) is 6.05. The van der Waals surface area contributed by atoms with Gasteiger partial charge in [-0.25, -0.2) is 0 Å². The molecule has 0 spiro atoms. The third kappa shape index (κ3) is 8.34. The van der Waals surface area contributed by atoms with Gasteiger partial charge in [0, 0.05) is 7.11 Å². The van der Waals surface area contributed by atoms with Crippen LogP contribution in [0.4, 0.5) is 0 Å². The maximum atomic E-state index is 13.1. The topological polar surface area (TPSA) is 71.1 Å². The zero-order valence-corrected chi connectivity index (χ0v) is 19.8. The number of benzene rings is 1. The van der Waals surface area contributed by atoms with Crippen LogP contribution in [0.15, 0.2) is 17.0 Å². The minimum absolute atomic E-state index is 0.0264. The molecule has 168 valence electrons. The Labute approximate surface area is 177 Å². The van der Waals surface area contributed by atoms with Crippen molar-refractivity contribution >= 4 is 10.1 Å². The molecule has 0 heterocycles. The summed E-state index contributed by atoms with van der Waals surface area (Å²) in [6, 6.07) is 4.01. The molecule has 1 rings (SSSR count). The van der Waals surface area contributed by atoms with Gasteiger partial charge in [-0.3, -0.25) is 4.18 Å². The largest absolute Gasteiger partial charge is 0.382 e. The van der Waals surface area contributed by atoms with Gasteiger partial charge in [0.25, 0.3) is 10.1 Å². The molecule has 1 aromatic carbocycles. The first-order valence-electron chi connectivity index (χ1n) is 10.3. The maximum absolute atomic E-state index is 13.1. The summed E-state index contributed by atoms with van der Waals surface area (Å²) >= 11 is 0. The first-order valence-corrected chi connectivity index (χ1v) is 11.7. The zero-order valence-electron chi connectivity index (χ0n) is 19.0. The van der Waals surface area contributed by atoms with E-state index in [0.717, 1.165) is 16.7 Å². The molecule has 7 heteroatoms. The monoisotopic (exact) mass is 430 g/mol. The minimum atomic E-state index is -3.89. The van der Waals surface area contributed by atoms with Gasteiger partial charge in [0.1, 0.15) is 4.90 Å². The van der Waals surface area contributed by atoms with Crippen LogP contribution in [0.3, 0.4) is 0 Å². The Kier molecular flexibility index (Phi) is 11.4. The fourth-order valence-corrected chi connectivity index (χ4v) is 4.48. The van der Waals surface area contributed by atoms with Gasteiger partial charge in [-0.2, -0.15) is 8.42 Å². The molecule has 0 atom stereocenters. The van der Waals surface area contributed by atoms with Crippen LogP contribution in [0.5, 0.6) is 0 Å². The van der Waals surface area contributed by atoms with Gasteiger partial charge in [-0.1, -0.05) is 53.7 Å². The van der Waals surface area contributed by atoms with E-state index in [-0.39, 0.29) is 25.0 Å². The molecule has 0 aliphatic carbocycles. The van der Waals surface area contributed by atoms with Gasteiger partial charge < -0.3 is 14.2 Å². The summed E-state index contributed by atoms with van der Waals surface area (Å²) in [4.78, 5) is 0.315. The lowest BCUT2D eigenvalue weighted by Gasteiger charge is -2.22. The molecule has 0 aliphatic heterocycles. The van der Waals surface area contributed by atoms with Crippen molar-refractivity contribution in [2.45, 2.75) is 64.2 Å². The van der Waals surface area contributed by atoms with Crippen LogP contribution in [0.1, 0.15) is 76.0 Å². The molecule has 0 aliphatic rings. The normalized spacial score (nSPS) is 12.5. The average molecular weight is 431 g/mol. The van der Waals surface area contributed by atoms with E-state index in [0.29, 0.717) is 37.2 Å². The quantitative estimate of drug-likeness (QED) is 0.321. The zero-order chi connectivity index (χ0) is 22.0. The fourth-order valence-electron chi connectivity index (χ4n) is 2.90. The van der Waals surface area contributed by atoms with E-state index in [1.807, 2.05) is 39.8 Å². The summed E-state index contributed by atoms with van der Waals surface area (Å²) in [7, 11) is -2.27. The highest BCUT2D eigenvalue weighted by molar-refractivity contribution is 7.86. The van der Waals surface area contributed by atoms with Gasteiger partial charge in [0.2, 0.25) is 0 Å². The van der Waals surface area contributed by atoms with Crippen LogP contribution in [-0.2, 0) is 28.5 Å². The summed E-state index contributed by atoms with van der Waals surface area (Å²) < 4.78 is 47.0. The van der Waals surface area contributed by atoms with Crippen LogP contribution in [0, 0.1) is 0 Å². The van der Waals surface area contributed by atoms with Gasteiger partial charge in [-0.05, 0) is 34.4 Å². The second-order valence-corrected chi connectivity index (χ2v) is 9.54. The van der Waals surface area contributed by atoms with E-state index >= 15 is 0 Å². The summed E-state index contributed by atoms with van der Waals surface area (Å²) in [5, 5.41) is 0. The van der Waals surface area contributed by atoms with Crippen LogP contribution in [0.2, 0.25) is 0 Å². The molecule has 0 unspecified atom stereocenters. The summed E-state index contributed by atoms with van der Waals surface area (Å²) in [5.74, 6) is 0.460. The Hall–Kier alpha value is -0.990. The van der Waals surface area contributed by atoms with Crippen molar-refractivity contribution in [2.75, 3.05) is 46.8 Å². The Morgan fingerprint density at radius 2 is 1.17 bits per heavy atom. The average Bonchev–Trinajstić information content (AvgIpc) is 2.65. The Morgan fingerprint density at radius 3 is 1.59 bits per heavy atom. The van der Waals surface area contributed by atoms with E-state index in [1.165, 1.54) is 0 Å². The predicted octanol–water partition coefficient (Wildman–Crippen LogP) is 4.44. The van der Waals surface area contributed by atoms with E-state index < -0.39 is 10.1 Å². The lowest BCUT2D eigenvalue weighted by Crippen LogP contribution is -2.18. The van der Waals surface area contributed by atoms with Crippen molar-refractivity contribution in [2.24, 2.45) is 0 Å². The van der Waals surface area contributed by atoms with Crippen LogP contribution >= 0.6 is 0 Å². The first-order chi connectivity index (χ1) is 13.6. The lowest BCUT2D eigenvalue weighted by atomic mass is 9.89. The highest BCUT2D eigenvalue weighted by Crippen LogP contribution is 2.35. The van der Waals surface area contributed by atoms with Crippen LogP contribution in [0.25, 0.3) is 0 Å². The molecule has 0 saturated heterocycles. The second kappa shape index (κ2) is 12.6. The standard InChI is InChI=1S/C22H38O6S/c1-16(2)19-14-20(17(3)4)22(21(15-19)18(5)6)29(23,24)28-13-12-27-11-10-26-9-8-25-7/h14-18H,8-13H2,1-7H3. The molecule has 0 saturated carbocycles. The molecule has 0 fully saturated rings. The number of ether oxygens (including phenoxy) is 3. The molecule has 0 radical (unpaired) electrons. The summed E-state index contributed by atoms with van der Waals surface area (Å²) in [6.45, 7) is 14.3. The van der Waals surface area contributed by atoms with Crippen molar-refractivity contribution in [1.82, 2.24) is 0 Å². The van der Waals surface area contributed by atoms with Crippen LogP contribution < -0.4 is 0 Å². The summed E-state index contributed by atoms with van der Waals surface area (Å²) in [5.41, 5.74) is 2.77. The first kappa shape index (κ1) is 26.0. The Morgan fingerprint density at radius 1 is 0.724 bits per heavy atom. The Bertz CT molecular complexity index is 681. The molecular formula is C22H38O6S. The van der Waals surface area contributed by atoms with E-state index in [2.05, 4.69) is 13.8 Å². The number of rotatable bonds is 14. The smallest absolute Gasteiger partial charge is 0.297 e. The Balaban J connectivity index is 2.86. The maximum Gasteiger partial charge on any atom is 0.297 e. The van der Waals surface area contributed by atoms with Gasteiger partial charge >= 0.3 is 0 Å². The molecule has 0 bridgehead atoms. The third-order valence-electron chi connectivity index (χ3n) is 4.60. The second-order valence-electron chi connectivity index (χ2n) is 7.99. The molecule has 29 heavy (non-hydrogen) atoms. The molecule has 0 aromatic heterocycles. The van der Waals surface area contributed by atoms with Crippen molar-refractivity contribution in [3.63, 3.8) is 0 Å². The number of methoxy groups -OCH3 is 1. The predicted molar refractivity (Wildman–Crippen MR) is 115 cm³/mol. The molecule has 0 N–H and O–H groups in total. The van der Waals surface area contributed by atoms with E-state index in [4.69, 9.17) is 18.4 Å². The van der Waals surface area contributed by atoms with Gasteiger partial charge in [0.05, 0.1) is 39.6 Å². The van der Waals surface area contributed by atoms with Crippen LogP contribution in [-0.4, -0.2) is 55.2 Å². The summed E-state index contributed by atoms with van der Waals surface area (Å²) in [6.07, 6.45) is 0. The van der Waals surface area contributed by atoms with Gasteiger partial charge in [-0.15, -0.1) is 0 Å². The molecule has 0 amide bonds. The van der Waals surface area contributed by atoms with Crippen molar-refractivity contribution in [3.05, 3.63) is 28.8 Å². The number of hydrogen-bond donors (Lipinski definition) is 0. The van der Waals surface area contributed by atoms with E-state index in [1.54, 1.807) is 7.11 Å². The highest BCUT2D eigenvalue weighted by atomic mass is 32.2. The minimum Gasteiger partial charge on any atom is -0.382 e. The lowest BCUT2D eigenvalue weighted by molar-refractivity contribution is 0.0184. The fraction of sp³-hybridized carbons (Fsp3) is 0.727. The SMILES string of the molecule is COCCOCCOCCOS(=O)(=O)c1c(C(C)C)cc(C(C)C)cc1C(C)C. The number of hydrogen-bond acceptors (Lipinski definition) is 6. The van der Waals surface area contributed by atoms with Crippen molar-refractivity contribution in [1.29, 1.82) is 0 Å².